The molecular weight excluding hydrogens is 267 g/mol. The summed E-state index contributed by atoms with van der Waals surface area (Å²) in [5.74, 6) is 0.274. The fourth-order valence-corrected chi connectivity index (χ4v) is 2.56. The summed E-state index contributed by atoms with van der Waals surface area (Å²) in [5, 5.41) is 0. The molecule has 0 saturated heterocycles. The van der Waals surface area contributed by atoms with Crippen LogP contribution in [0.25, 0.3) is 11.1 Å². The van der Waals surface area contributed by atoms with E-state index in [0.717, 1.165) is 16.7 Å². The maximum Gasteiger partial charge on any atom is 0.123 e. The maximum absolute atomic E-state index is 13.0. The lowest BCUT2D eigenvalue weighted by Crippen LogP contribution is -2.37. The first-order valence-electron chi connectivity index (χ1n) is 6.85. The maximum atomic E-state index is 13.0. The molecule has 108 valence electrons. The lowest BCUT2D eigenvalue weighted by atomic mass is 9.90. The number of benzene rings is 2. The Morgan fingerprint density at radius 3 is 2.62 bits per heavy atom. The highest BCUT2D eigenvalue weighted by Crippen LogP contribution is 2.31. The first kappa shape index (κ1) is 13.8. The van der Waals surface area contributed by atoms with Gasteiger partial charge in [0.25, 0.3) is 0 Å². The van der Waals surface area contributed by atoms with Crippen LogP contribution < -0.4 is 5.73 Å². The highest BCUT2D eigenvalue weighted by Gasteiger charge is 2.30. The van der Waals surface area contributed by atoms with Crippen molar-refractivity contribution in [1.29, 1.82) is 0 Å². The van der Waals surface area contributed by atoms with Crippen molar-refractivity contribution in [2.45, 2.75) is 12.5 Å². The van der Waals surface area contributed by atoms with Crippen molar-refractivity contribution in [1.82, 2.24) is 0 Å². The predicted octanol–water partition coefficient (Wildman–Crippen LogP) is 3.10. The fourth-order valence-electron chi connectivity index (χ4n) is 2.56. The average molecular weight is 284 g/mol. The molecule has 1 heterocycles. The monoisotopic (exact) mass is 284 g/mol. The summed E-state index contributed by atoms with van der Waals surface area (Å²) in [6.45, 7) is 2.89. The summed E-state index contributed by atoms with van der Waals surface area (Å²) in [6.07, 6.45) is 0. The highest BCUT2D eigenvalue weighted by molar-refractivity contribution is 5.82. The molecule has 0 bridgehead atoms. The smallest absolute Gasteiger partial charge is 0.123 e. The first-order valence-corrected chi connectivity index (χ1v) is 6.85. The van der Waals surface area contributed by atoms with Gasteiger partial charge in [-0.05, 0) is 41.8 Å². The van der Waals surface area contributed by atoms with Crippen molar-refractivity contribution in [3.05, 3.63) is 59.9 Å². The Morgan fingerprint density at radius 2 is 1.90 bits per heavy atom. The molecule has 0 aromatic heterocycles. The molecule has 0 spiro atoms. The number of aliphatic imine (C=N–C) groups is 1. The zero-order valence-corrected chi connectivity index (χ0v) is 11.8. The molecule has 1 aliphatic rings. The van der Waals surface area contributed by atoms with E-state index in [0.29, 0.717) is 19.0 Å². The first-order chi connectivity index (χ1) is 10.1. The van der Waals surface area contributed by atoms with Crippen molar-refractivity contribution in [2.24, 2.45) is 10.7 Å². The molecule has 21 heavy (non-hydrogen) atoms. The van der Waals surface area contributed by atoms with Crippen LogP contribution in [0.5, 0.6) is 0 Å². The average Bonchev–Trinajstić information content (AvgIpc) is 2.48. The van der Waals surface area contributed by atoms with E-state index < -0.39 is 5.54 Å². The van der Waals surface area contributed by atoms with Crippen molar-refractivity contribution >= 4 is 5.84 Å². The summed E-state index contributed by atoms with van der Waals surface area (Å²) in [4.78, 5) is 4.54. The summed E-state index contributed by atoms with van der Waals surface area (Å²) in [6, 6.07) is 14.5. The van der Waals surface area contributed by atoms with Crippen molar-refractivity contribution in [2.75, 3.05) is 13.2 Å². The number of hydrogen-bond acceptors (Lipinski definition) is 3. The third kappa shape index (κ3) is 2.81. The van der Waals surface area contributed by atoms with E-state index in [4.69, 9.17) is 10.5 Å². The van der Waals surface area contributed by atoms with Crippen molar-refractivity contribution in [3.63, 3.8) is 0 Å². The topological polar surface area (TPSA) is 47.6 Å². The molecule has 0 fully saturated rings. The Kier molecular flexibility index (Phi) is 3.47. The molecule has 2 N–H and O–H groups in total. The SMILES string of the molecule is CC1(c2cccc(-c3ccc(F)cc3)c2)COCC(N)=N1. The molecule has 1 unspecified atom stereocenters. The van der Waals surface area contributed by atoms with Gasteiger partial charge >= 0.3 is 0 Å². The van der Waals surface area contributed by atoms with Gasteiger partial charge in [-0.1, -0.05) is 30.3 Å². The molecule has 0 aliphatic carbocycles. The predicted molar refractivity (Wildman–Crippen MR) is 81.6 cm³/mol. The molecular formula is C17H17FN2O. The highest BCUT2D eigenvalue weighted by atomic mass is 19.1. The van der Waals surface area contributed by atoms with E-state index in [1.807, 2.05) is 25.1 Å². The second kappa shape index (κ2) is 5.30. The van der Waals surface area contributed by atoms with Gasteiger partial charge in [0.05, 0.1) is 6.61 Å². The van der Waals surface area contributed by atoms with Crippen LogP contribution in [-0.4, -0.2) is 19.0 Å². The van der Waals surface area contributed by atoms with Crippen LogP contribution in [0.1, 0.15) is 12.5 Å². The third-order valence-corrected chi connectivity index (χ3v) is 3.69. The lowest BCUT2D eigenvalue weighted by molar-refractivity contribution is 0.106. The molecule has 1 atom stereocenters. The quantitative estimate of drug-likeness (QED) is 0.921. The number of hydrogen-bond donors (Lipinski definition) is 1. The van der Waals surface area contributed by atoms with Crippen LogP contribution in [0.3, 0.4) is 0 Å². The normalized spacial score (nSPS) is 21.9. The molecule has 0 radical (unpaired) electrons. The van der Waals surface area contributed by atoms with Crippen LogP contribution in [-0.2, 0) is 10.3 Å². The Morgan fingerprint density at radius 1 is 1.14 bits per heavy atom. The molecule has 3 rings (SSSR count). The zero-order chi connectivity index (χ0) is 14.9. The van der Waals surface area contributed by atoms with E-state index in [9.17, 15) is 4.39 Å². The van der Waals surface area contributed by atoms with Crippen LogP contribution in [0.15, 0.2) is 53.5 Å². The molecule has 0 amide bonds. The summed E-state index contributed by atoms with van der Waals surface area (Å²) in [7, 11) is 0. The Hall–Kier alpha value is -2.20. The van der Waals surface area contributed by atoms with Crippen LogP contribution in [0.4, 0.5) is 4.39 Å². The lowest BCUT2D eigenvalue weighted by Gasteiger charge is -2.30. The number of halogens is 1. The minimum Gasteiger partial charge on any atom is -0.386 e. The number of nitrogens with two attached hydrogens (primary N) is 1. The standard InChI is InChI=1S/C17H17FN2O/c1-17(11-21-10-16(19)20-17)14-4-2-3-13(9-14)12-5-7-15(18)8-6-12/h2-9H,10-11H2,1H3,(H2,19,20). The molecule has 0 saturated carbocycles. The van der Waals surface area contributed by atoms with Gasteiger partial charge in [-0.2, -0.15) is 0 Å². The molecule has 2 aromatic carbocycles. The summed E-state index contributed by atoms with van der Waals surface area (Å²) >= 11 is 0. The number of rotatable bonds is 2. The second-order valence-electron chi connectivity index (χ2n) is 5.46. The number of nitrogens with zero attached hydrogens (tertiary/aromatic N) is 1. The van der Waals surface area contributed by atoms with Gasteiger partial charge in [0, 0.05) is 0 Å². The third-order valence-electron chi connectivity index (χ3n) is 3.69. The van der Waals surface area contributed by atoms with E-state index >= 15 is 0 Å². The van der Waals surface area contributed by atoms with Crippen LogP contribution in [0.2, 0.25) is 0 Å². The van der Waals surface area contributed by atoms with Gasteiger partial charge in [-0.25, -0.2) is 4.39 Å². The van der Waals surface area contributed by atoms with Gasteiger partial charge in [0.2, 0.25) is 0 Å². The fraction of sp³-hybridized carbons (Fsp3) is 0.235. The van der Waals surface area contributed by atoms with Gasteiger partial charge < -0.3 is 10.5 Å². The van der Waals surface area contributed by atoms with Gasteiger partial charge in [0.1, 0.15) is 23.8 Å². The van der Waals surface area contributed by atoms with Crippen molar-refractivity contribution < 1.29 is 9.13 Å². The molecule has 3 nitrogen and oxygen atoms in total. The number of amidine groups is 1. The van der Waals surface area contributed by atoms with Gasteiger partial charge in [-0.15, -0.1) is 0 Å². The Bertz CT molecular complexity index is 681. The minimum absolute atomic E-state index is 0.236. The van der Waals surface area contributed by atoms with Crippen LogP contribution >= 0.6 is 0 Å². The molecule has 1 aliphatic heterocycles. The van der Waals surface area contributed by atoms with Crippen LogP contribution in [0, 0.1) is 5.82 Å². The molecule has 2 aromatic rings. The zero-order valence-electron chi connectivity index (χ0n) is 11.8. The number of ether oxygens (including phenoxy) is 1. The summed E-state index contributed by atoms with van der Waals surface area (Å²) < 4.78 is 18.5. The summed E-state index contributed by atoms with van der Waals surface area (Å²) in [5.41, 5.74) is 8.35. The van der Waals surface area contributed by atoms with E-state index in [2.05, 4.69) is 11.1 Å². The Balaban J connectivity index is 2.00. The molecule has 4 heteroatoms. The minimum atomic E-state index is -0.474. The van der Waals surface area contributed by atoms with E-state index in [1.165, 1.54) is 12.1 Å². The largest absolute Gasteiger partial charge is 0.386 e. The second-order valence-corrected chi connectivity index (χ2v) is 5.46. The van der Waals surface area contributed by atoms with Gasteiger partial charge in [-0.3, -0.25) is 4.99 Å². The van der Waals surface area contributed by atoms with Crippen molar-refractivity contribution in [3.8, 4) is 11.1 Å². The van der Waals surface area contributed by atoms with Gasteiger partial charge in [0.15, 0.2) is 0 Å². The van der Waals surface area contributed by atoms with E-state index in [1.54, 1.807) is 12.1 Å². The van der Waals surface area contributed by atoms with E-state index in [-0.39, 0.29) is 5.82 Å². The Labute approximate surface area is 123 Å².